The van der Waals surface area contributed by atoms with E-state index in [1.807, 2.05) is 68.4 Å². The summed E-state index contributed by atoms with van der Waals surface area (Å²) in [7, 11) is 0. The summed E-state index contributed by atoms with van der Waals surface area (Å²) < 4.78 is 0. The maximum atomic E-state index is 14.4. The summed E-state index contributed by atoms with van der Waals surface area (Å²) in [5.41, 5.74) is 9.70. The Bertz CT molecular complexity index is 1830. The van der Waals surface area contributed by atoms with E-state index >= 15 is 0 Å². The first kappa shape index (κ1) is 31.0. The highest BCUT2D eigenvalue weighted by atomic mass is 32.2. The van der Waals surface area contributed by atoms with Gasteiger partial charge in [-0.25, -0.2) is 9.88 Å². The molecule has 1 saturated heterocycles. The minimum Gasteiger partial charge on any atom is -0.383 e. The molecule has 10 heteroatoms. The number of aryl methyl sites for hydroxylation is 1. The van der Waals surface area contributed by atoms with Crippen LogP contribution in [0.1, 0.15) is 42.0 Å². The third-order valence-electron chi connectivity index (χ3n) is 7.65. The minimum absolute atomic E-state index is 0.0481. The fourth-order valence-electron chi connectivity index (χ4n) is 5.35. The van der Waals surface area contributed by atoms with E-state index in [4.69, 9.17) is 5.73 Å². The van der Waals surface area contributed by atoms with Crippen LogP contribution in [0.3, 0.4) is 0 Å². The van der Waals surface area contributed by atoms with E-state index in [1.54, 1.807) is 30.3 Å². The number of imide groups is 1. The van der Waals surface area contributed by atoms with Gasteiger partial charge in [0.1, 0.15) is 34.6 Å². The maximum Gasteiger partial charge on any atom is 0.257 e. The number of nitrogen functional groups attached to an aromatic ring is 1. The molecule has 4 aromatic rings. The highest BCUT2D eigenvalue weighted by Crippen LogP contribution is 2.38. The van der Waals surface area contributed by atoms with Gasteiger partial charge in [0.05, 0.1) is 22.9 Å². The van der Waals surface area contributed by atoms with Crippen LogP contribution in [0.5, 0.6) is 0 Å². The van der Waals surface area contributed by atoms with Crippen molar-refractivity contribution in [2.75, 3.05) is 10.6 Å². The van der Waals surface area contributed by atoms with Crippen LogP contribution in [0.25, 0.3) is 11.1 Å². The van der Waals surface area contributed by atoms with Crippen molar-refractivity contribution in [1.82, 2.24) is 9.88 Å². The summed E-state index contributed by atoms with van der Waals surface area (Å²) in [4.78, 5) is 48.3. The lowest BCUT2D eigenvalue weighted by Gasteiger charge is -2.31. The van der Waals surface area contributed by atoms with Crippen molar-refractivity contribution in [2.45, 2.75) is 49.6 Å². The third kappa shape index (κ3) is 6.28. The van der Waals surface area contributed by atoms with E-state index in [2.05, 4.69) is 17.1 Å². The lowest BCUT2D eigenvalue weighted by molar-refractivity contribution is -0.138. The zero-order valence-corrected chi connectivity index (χ0v) is 25.6. The van der Waals surface area contributed by atoms with E-state index in [0.717, 1.165) is 27.8 Å². The van der Waals surface area contributed by atoms with E-state index < -0.39 is 17.2 Å². The average Bonchev–Trinajstić information content (AvgIpc) is 3.35. The number of para-hydroxylation sites is 1. The molecule has 3 aromatic carbocycles. The number of amides is 3. The van der Waals surface area contributed by atoms with Crippen molar-refractivity contribution in [3.8, 4) is 23.3 Å². The molecule has 2 atom stereocenters. The van der Waals surface area contributed by atoms with Gasteiger partial charge >= 0.3 is 0 Å². The van der Waals surface area contributed by atoms with Crippen LogP contribution >= 0.6 is 11.8 Å². The van der Waals surface area contributed by atoms with Gasteiger partial charge in [-0.2, -0.15) is 10.5 Å². The third-order valence-corrected chi connectivity index (χ3v) is 8.99. The number of thioether (sulfide) groups is 1. The standard InChI is InChI=1S/C35H30N6O3S/c1-3-29(45-33-27(20-37)31(26(19-36)32(38)39-33)24-16-14-22(2)15-17-24)35(44)40(21-23-10-6-4-7-11-23)28-18-30(42)41(34(28)43)25-12-8-5-9-13-25/h4-17,28-29H,3,18,21H2,1-2H3,(H2,38,39). The van der Waals surface area contributed by atoms with Crippen molar-refractivity contribution in [1.29, 1.82) is 10.5 Å². The Morgan fingerprint density at radius 3 is 2.22 bits per heavy atom. The molecule has 1 fully saturated rings. The number of aromatic nitrogens is 1. The van der Waals surface area contributed by atoms with Crippen LogP contribution in [-0.2, 0) is 20.9 Å². The molecular formula is C35H30N6O3S. The van der Waals surface area contributed by atoms with Crippen molar-refractivity contribution < 1.29 is 14.4 Å². The monoisotopic (exact) mass is 614 g/mol. The van der Waals surface area contributed by atoms with E-state index in [9.17, 15) is 24.9 Å². The van der Waals surface area contributed by atoms with Crippen molar-refractivity contribution in [3.05, 3.63) is 107 Å². The van der Waals surface area contributed by atoms with Gasteiger partial charge in [0, 0.05) is 12.1 Å². The number of carbonyl (C=O) groups excluding carboxylic acids is 3. The molecule has 0 saturated carbocycles. The lowest BCUT2D eigenvalue weighted by Crippen LogP contribution is -2.48. The number of anilines is 2. The Labute approximate surface area is 265 Å². The zero-order chi connectivity index (χ0) is 32.1. The highest BCUT2D eigenvalue weighted by Gasteiger charge is 2.45. The molecule has 2 unspecified atom stereocenters. The Morgan fingerprint density at radius 1 is 1.00 bits per heavy atom. The first-order valence-electron chi connectivity index (χ1n) is 14.4. The second-order valence-corrected chi connectivity index (χ2v) is 11.8. The zero-order valence-electron chi connectivity index (χ0n) is 24.8. The second kappa shape index (κ2) is 13.5. The predicted molar refractivity (Wildman–Crippen MR) is 173 cm³/mol. The number of nitrogens with two attached hydrogens (primary N) is 1. The lowest BCUT2D eigenvalue weighted by atomic mass is 9.96. The minimum atomic E-state index is -1.02. The molecule has 0 aliphatic carbocycles. The Kier molecular flexibility index (Phi) is 9.27. The fraction of sp³-hybridized carbons (Fsp3) is 0.200. The molecule has 2 heterocycles. The van der Waals surface area contributed by atoms with Crippen LogP contribution in [0, 0.1) is 29.6 Å². The smallest absolute Gasteiger partial charge is 0.257 e. The topological polar surface area (TPSA) is 144 Å². The first-order valence-corrected chi connectivity index (χ1v) is 15.3. The molecule has 0 radical (unpaired) electrons. The van der Waals surface area contributed by atoms with E-state index in [1.165, 1.54) is 4.90 Å². The Balaban J connectivity index is 1.53. The molecule has 1 aromatic heterocycles. The number of rotatable bonds is 9. The molecule has 0 spiro atoms. The van der Waals surface area contributed by atoms with Gasteiger partial charge < -0.3 is 10.6 Å². The molecule has 3 amide bonds. The molecule has 45 heavy (non-hydrogen) atoms. The van der Waals surface area contributed by atoms with Crippen LogP contribution in [0.15, 0.2) is 90.0 Å². The largest absolute Gasteiger partial charge is 0.383 e. The van der Waals surface area contributed by atoms with Gasteiger partial charge in [-0.15, -0.1) is 0 Å². The van der Waals surface area contributed by atoms with Gasteiger partial charge in [-0.1, -0.05) is 97.0 Å². The maximum absolute atomic E-state index is 14.4. The summed E-state index contributed by atoms with van der Waals surface area (Å²) in [6.07, 6.45) is 0.175. The number of nitrogens with zero attached hydrogens (tertiary/aromatic N) is 5. The molecule has 5 rings (SSSR count). The summed E-state index contributed by atoms with van der Waals surface area (Å²) in [6, 6.07) is 28.5. The molecule has 0 bridgehead atoms. The number of pyridine rings is 1. The normalized spacial score (nSPS) is 14.9. The van der Waals surface area contributed by atoms with Gasteiger partial charge in [-0.05, 0) is 36.6 Å². The number of nitriles is 2. The SMILES string of the molecule is CCC(Sc1nc(N)c(C#N)c(-c2ccc(C)cc2)c1C#N)C(=O)N(Cc1ccccc1)C1CC(=O)N(c2ccccc2)C1=O. The van der Waals surface area contributed by atoms with Gasteiger partial charge in [0.25, 0.3) is 5.91 Å². The van der Waals surface area contributed by atoms with Crippen molar-refractivity contribution in [2.24, 2.45) is 0 Å². The number of benzene rings is 3. The van der Waals surface area contributed by atoms with Crippen LogP contribution in [0.4, 0.5) is 11.5 Å². The second-order valence-electron chi connectivity index (χ2n) is 10.6. The van der Waals surface area contributed by atoms with Crippen LogP contribution in [0.2, 0.25) is 0 Å². The molecule has 224 valence electrons. The fourth-order valence-corrected chi connectivity index (χ4v) is 6.44. The Hall–Kier alpha value is -5.45. The molecule has 9 nitrogen and oxygen atoms in total. The highest BCUT2D eigenvalue weighted by molar-refractivity contribution is 8.00. The summed E-state index contributed by atoms with van der Waals surface area (Å²) in [5.74, 6) is -1.29. The van der Waals surface area contributed by atoms with Crippen molar-refractivity contribution >= 4 is 41.0 Å². The number of hydrogen-bond donors (Lipinski definition) is 1. The van der Waals surface area contributed by atoms with Crippen LogP contribution in [-0.4, -0.2) is 38.9 Å². The van der Waals surface area contributed by atoms with E-state index in [-0.39, 0.29) is 46.8 Å². The molecule has 1 aliphatic heterocycles. The van der Waals surface area contributed by atoms with Crippen LogP contribution < -0.4 is 10.6 Å². The molecular weight excluding hydrogens is 584 g/mol. The average molecular weight is 615 g/mol. The summed E-state index contributed by atoms with van der Waals surface area (Å²) >= 11 is 1.07. The predicted octanol–water partition coefficient (Wildman–Crippen LogP) is 5.61. The van der Waals surface area contributed by atoms with Gasteiger partial charge in [-0.3, -0.25) is 14.4 Å². The first-order chi connectivity index (χ1) is 21.8. The summed E-state index contributed by atoms with van der Waals surface area (Å²) in [5, 5.41) is 19.6. The molecule has 1 aliphatic rings. The van der Waals surface area contributed by atoms with Gasteiger partial charge in [0.2, 0.25) is 11.8 Å². The van der Waals surface area contributed by atoms with E-state index in [0.29, 0.717) is 23.2 Å². The van der Waals surface area contributed by atoms with Gasteiger partial charge in [0.15, 0.2) is 0 Å². The molecule has 2 N–H and O–H groups in total. The number of carbonyl (C=O) groups is 3. The Morgan fingerprint density at radius 2 is 1.62 bits per heavy atom. The summed E-state index contributed by atoms with van der Waals surface area (Å²) in [6.45, 7) is 3.86. The van der Waals surface area contributed by atoms with Crippen molar-refractivity contribution in [3.63, 3.8) is 0 Å². The number of hydrogen-bond acceptors (Lipinski definition) is 8. The quantitative estimate of drug-likeness (QED) is 0.189.